The molecule has 3 aliphatic heterocycles. The van der Waals surface area contributed by atoms with E-state index in [4.69, 9.17) is 9.47 Å². The minimum absolute atomic E-state index is 0.0452. The number of likely N-dealkylation sites (tertiary alicyclic amines) is 2. The van der Waals surface area contributed by atoms with E-state index in [2.05, 4.69) is 35.2 Å². The van der Waals surface area contributed by atoms with Crippen LogP contribution >= 0.6 is 0 Å². The summed E-state index contributed by atoms with van der Waals surface area (Å²) in [6, 6.07) is 8.77. The molecule has 0 saturated carbocycles. The largest absolute Gasteiger partial charge is 0.395 e. The maximum atomic E-state index is 12.4. The fourth-order valence-electron chi connectivity index (χ4n) is 5.62. The molecule has 164 valence electrons. The number of rotatable bonds is 7. The Morgan fingerprint density at radius 3 is 2.57 bits per heavy atom. The van der Waals surface area contributed by atoms with Gasteiger partial charge in [-0.1, -0.05) is 36.4 Å². The van der Waals surface area contributed by atoms with Crippen LogP contribution in [0.4, 0.5) is 0 Å². The Balaban J connectivity index is 1.56. The van der Waals surface area contributed by atoms with E-state index in [1.807, 2.05) is 17.9 Å². The van der Waals surface area contributed by atoms with E-state index in [0.29, 0.717) is 19.0 Å². The Labute approximate surface area is 179 Å². The van der Waals surface area contributed by atoms with Gasteiger partial charge in [0.1, 0.15) is 6.61 Å². The highest BCUT2D eigenvalue weighted by atomic mass is 16.5. The molecule has 3 fully saturated rings. The molecular weight excluding hydrogens is 380 g/mol. The van der Waals surface area contributed by atoms with Crippen LogP contribution in [0.5, 0.6) is 0 Å². The monoisotopic (exact) mass is 414 g/mol. The Morgan fingerprint density at radius 2 is 1.97 bits per heavy atom. The standard InChI is InChI=1S/C24H34N2O4/c1-3-4-18-5-7-20(8-6-18)23-21(14-27)26(13-19-9-11-30-12-10-19)24(23)16-25(17-24)22(28)15-29-2/h3-8,19,21,23,27H,9-17H2,1-2H3/b4-3+/t21-,23+/m1/s1. The molecule has 3 aliphatic rings. The van der Waals surface area contributed by atoms with Crippen LogP contribution in [0.15, 0.2) is 30.3 Å². The molecule has 3 heterocycles. The summed E-state index contributed by atoms with van der Waals surface area (Å²) in [4.78, 5) is 16.8. The van der Waals surface area contributed by atoms with Crippen molar-refractivity contribution in [2.45, 2.75) is 37.3 Å². The number of aliphatic hydroxyl groups is 1. The number of nitrogens with zero attached hydrogens (tertiary/aromatic N) is 2. The fourth-order valence-corrected chi connectivity index (χ4v) is 5.62. The first-order valence-electron chi connectivity index (χ1n) is 11.1. The summed E-state index contributed by atoms with van der Waals surface area (Å²) >= 11 is 0. The Morgan fingerprint density at radius 1 is 1.27 bits per heavy atom. The van der Waals surface area contributed by atoms with Gasteiger partial charge < -0.3 is 19.5 Å². The topological polar surface area (TPSA) is 62.2 Å². The van der Waals surface area contributed by atoms with E-state index in [1.165, 1.54) is 11.1 Å². The highest BCUT2D eigenvalue weighted by molar-refractivity contribution is 5.79. The minimum atomic E-state index is -0.0861. The summed E-state index contributed by atoms with van der Waals surface area (Å²) < 4.78 is 10.6. The van der Waals surface area contributed by atoms with Gasteiger partial charge in [-0.25, -0.2) is 0 Å². The summed E-state index contributed by atoms with van der Waals surface area (Å²) in [5.74, 6) is 0.865. The average Bonchev–Trinajstić information content (AvgIpc) is 2.72. The molecular formula is C24H34N2O4. The van der Waals surface area contributed by atoms with Gasteiger partial charge >= 0.3 is 0 Å². The number of amides is 1. The number of methoxy groups -OCH3 is 1. The van der Waals surface area contributed by atoms with Crippen molar-refractivity contribution in [1.82, 2.24) is 9.80 Å². The molecule has 0 unspecified atom stereocenters. The molecule has 0 aromatic heterocycles. The van der Waals surface area contributed by atoms with Gasteiger partial charge in [0.05, 0.1) is 12.1 Å². The zero-order chi connectivity index (χ0) is 21.1. The highest BCUT2D eigenvalue weighted by Crippen LogP contribution is 2.54. The van der Waals surface area contributed by atoms with E-state index < -0.39 is 0 Å². The van der Waals surface area contributed by atoms with Crippen LogP contribution in [0.2, 0.25) is 0 Å². The normalized spacial score (nSPS) is 26.7. The smallest absolute Gasteiger partial charge is 0.248 e. The molecule has 6 heteroatoms. The summed E-state index contributed by atoms with van der Waals surface area (Å²) in [6.45, 7) is 6.30. The third-order valence-corrected chi connectivity index (χ3v) is 7.12. The molecule has 3 saturated heterocycles. The molecule has 0 radical (unpaired) electrons. The van der Waals surface area contributed by atoms with Gasteiger partial charge in [0.2, 0.25) is 5.91 Å². The lowest BCUT2D eigenvalue weighted by atomic mass is 9.60. The average molecular weight is 415 g/mol. The van der Waals surface area contributed by atoms with Crippen LogP contribution in [0, 0.1) is 5.92 Å². The first-order chi connectivity index (χ1) is 14.6. The van der Waals surface area contributed by atoms with Crippen molar-refractivity contribution in [1.29, 1.82) is 0 Å². The van der Waals surface area contributed by atoms with Crippen LogP contribution < -0.4 is 0 Å². The second-order valence-corrected chi connectivity index (χ2v) is 8.89. The van der Waals surface area contributed by atoms with Crippen LogP contribution in [0.25, 0.3) is 6.08 Å². The summed E-state index contributed by atoms with van der Waals surface area (Å²) in [5.41, 5.74) is 2.35. The number of aliphatic hydroxyl groups excluding tert-OH is 1. The minimum Gasteiger partial charge on any atom is -0.395 e. The number of ether oxygens (including phenoxy) is 2. The van der Waals surface area contributed by atoms with E-state index in [9.17, 15) is 9.90 Å². The molecule has 6 nitrogen and oxygen atoms in total. The van der Waals surface area contributed by atoms with Gasteiger partial charge in [0.25, 0.3) is 0 Å². The molecule has 1 N–H and O–H groups in total. The number of carbonyl (C=O) groups excluding carboxylic acids is 1. The molecule has 1 amide bonds. The van der Waals surface area contributed by atoms with Crippen LogP contribution in [0.3, 0.4) is 0 Å². The van der Waals surface area contributed by atoms with Crippen LogP contribution in [0.1, 0.15) is 36.8 Å². The number of allylic oxidation sites excluding steroid dienone is 1. The predicted octanol–water partition coefficient (Wildman–Crippen LogP) is 2.13. The molecule has 30 heavy (non-hydrogen) atoms. The number of hydrogen-bond donors (Lipinski definition) is 1. The molecule has 0 bridgehead atoms. The van der Waals surface area contributed by atoms with Crippen molar-refractivity contribution in [2.24, 2.45) is 5.92 Å². The Kier molecular flexibility index (Phi) is 6.58. The number of carbonyl (C=O) groups is 1. The van der Waals surface area contributed by atoms with Crippen LogP contribution in [-0.4, -0.2) is 85.6 Å². The van der Waals surface area contributed by atoms with E-state index in [1.54, 1.807) is 7.11 Å². The molecule has 4 rings (SSSR count). The summed E-state index contributed by atoms with van der Waals surface area (Å²) in [6.07, 6.45) is 6.27. The molecule has 1 aromatic rings. The summed E-state index contributed by atoms with van der Waals surface area (Å²) in [7, 11) is 1.56. The fraction of sp³-hybridized carbons (Fsp3) is 0.625. The second-order valence-electron chi connectivity index (χ2n) is 8.89. The lowest BCUT2D eigenvalue weighted by molar-refractivity contribution is -0.203. The first-order valence-corrected chi connectivity index (χ1v) is 11.1. The van der Waals surface area contributed by atoms with Gasteiger partial charge in [0, 0.05) is 51.9 Å². The SMILES string of the molecule is C/C=C/c1ccc([C@H]2[C@@H](CO)N(CC3CCOCC3)C23CN(C(=O)COC)C3)cc1. The van der Waals surface area contributed by atoms with Gasteiger partial charge in [-0.2, -0.15) is 0 Å². The first kappa shape index (κ1) is 21.5. The Bertz CT molecular complexity index is 751. The van der Waals surface area contributed by atoms with Crippen LogP contribution in [-0.2, 0) is 14.3 Å². The highest BCUT2D eigenvalue weighted by Gasteiger charge is 2.66. The van der Waals surface area contributed by atoms with E-state index >= 15 is 0 Å². The third kappa shape index (κ3) is 3.82. The number of benzene rings is 1. The quantitative estimate of drug-likeness (QED) is 0.741. The molecule has 2 atom stereocenters. The summed E-state index contributed by atoms with van der Waals surface area (Å²) in [5, 5.41) is 10.3. The van der Waals surface area contributed by atoms with Gasteiger partial charge in [-0.15, -0.1) is 0 Å². The lowest BCUT2D eigenvalue weighted by Gasteiger charge is -2.71. The van der Waals surface area contributed by atoms with E-state index in [0.717, 1.165) is 32.6 Å². The van der Waals surface area contributed by atoms with Gasteiger partial charge in [0.15, 0.2) is 0 Å². The van der Waals surface area contributed by atoms with E-state index in [-0.39, 0.29) is 36.6 Å². The Hall–Kier alpha value is -1.73. The second kappa shape index (κ2) is 9.18. The third-order valence-electron chi connectivity index (χ3n) is 7.12. The number of hydrogen-bond acceptors (Lipinski definition) is 5. The lowest BCUT2D eigenvalue weighted by Crippen LogP contribution is -2.85. The van der Waals surface area contributed by atoms with Gasteiger partial charge in [-0.3, -0.25) is 9.69 Å². The van der Waals surface area contributed by atoms with Crippen molar-refractivity contribution in [3.63, 3.8) is 0 Å². The van der Waals surface area contributed by atoms with Crippen molar-refractivity contribution < 1.29 is 19.4 Å². The zero-order valence-corrected chi connectivity index (χ0v) is 18.1. The maximum absolute atomic E-state index is 12.4. The molecule has 1 spiro atoms. The van der Waals surface area contributed by atoms with Crippen molar-refractivity contribution >= 4 is 12.0 Å². The predicted molar refractivity (Wildman–Crippen MR) is 116 cm³/mol. The maximum Gasteiger partial charge on any atom is 0.248 e. The van der Waals surface area contributed by atoms with Crippen molar-refractivity contribution in [3.8, 4) is 0 Å². The van der Waals surface area contributed by atoms with Crippen molar-refractivity contribution in [2.75, 3.05) is 53.2 Å². The van der Waals surface area contributed by atoms with Gasteiger partial charge in [-0.05, 0) is 36.8 Å². The molecule has 1 aromatic carbocycles. The van der Waals surface area contributed by atoms with Crippen molar-refractivity contribution in [3.05, 3.63) is 41.5 Å². The molecule has 0 aliphatic carbocycles. The zero-order valence-electron chi connectivity index (χ0n) is 18.1.